The van der Waals surface area contributed by atoms with Gasteiger partial charge < -0.3 is 13.6 Å². The quantitative estimate of drug-likeness (QED) is 0.524. The van der Waals surface area contributed by atoms with Crippen molar-refractivity contribution in [2.24, 2.45) is 0 Å². The molecule has 1 heterocycles. The first-order valence-corrected chi connectivity index (χ1v) is 15.2. The largest absolute Gasteiger partial charge is 0.490 e. The Kier molecular flexibility index (Phi) is 6.99. The Morgan fingerprint density at radius 3 is 1.96 bits per heavy atom. The van der Waals surface area contributed by atoms with E-state index in [0.717, 1.165) is 5.76 Å². The maximum absolute atomic E-state index is 6.55. The summed E-state index contributed by atoms with van der Waals surface area (Å²) in [6.45, 7) is 25.3. The van der Waals surface area contributed by atoms with Gasteiger partial charge in [-0.05, 0) is 49.3 Å². The van der Waals surface area contributed by atoms with Crippen LogP contribution in [0.2, 0.25) is 36.3 Å². The van der Waals surface area contributed by atoms with Gasteiger partial charge in [-0.3, -0.25) is 0 Å². The number of ether oxygens (including phenoxy) is 1. The molecule has 0 N–H and O–H groups in total. The summed E-state index contributed by atoms with van der Waals surface area (Å²) >= 11 is 0. The highest BCUT2D eigenvalue weighted by Crippen LogP contribution is 2.39. The summed E-state index contributed by atoms with van der Waals surface area (Å²) in [5, 5.41) is 0.391. The fraction of sp³-hybridized carbons (Fsp3) is 0.800. The fourth-order valence-corrected chi connectivity index (χ4v) is 4.22. The molecule has 0 aliphatic carbocycles. The van der Waals surface area contributed by atoms with Crippen LogP contribution in [0.3, 0.4) is 0 Å². The molecule has 0 fully saturated rings. The third-order valence-electron chi connectivity index (χ3n) is 6.00. The Morgan fingerprint density at radius 1 is 0.960 bits per heavy atom. The van der Waals surface area contributed by atoms with Crippen LogP contribution >= 0.6 is 0 Å². The van der Waals surface area contributed by atoms with E-state index in [1.54, 1.807) is 0 Å². The standard InChI is InChI=1S/C20H40O3Si2/c1-16-18(23-25(10,11)20(5,6)7)14-12-13-17(22-16)15-21-24(8,9)19(2,3)4/h12-14,16,18H,15H2,1-11H3/t16-,18+/m0/s1. The van der Waals surface area contributed by atoms with Crippen LogP contribution in [0.1, 0.15) is 48.5 Å². The van der Waals surface area contributed by atoms with Crippen LogP contribution in [0.5, 0.6) is 0 Å². The third kappa shape index (κ3) is 6.09. The van der Waals surface area contributed by atoms with Crippen LogP contribution in [0.15, 0.2) is 24.0 Å². The molecule has 0 aromatic rings. The predicted octanol–water partition coefficient (Wildman–Crippen LogP) is 6.26. The van der Waals surface area contributed by atoms with Crippen molar-refractivity contribution in [1.82, 2.24) is 0 Å². The van der Waals surface area contributed by atoms with Crippen LogP contribution < -0.4 is 0 Å². The molecule has 146 valence electrons. The van der Waals surface area contributed by atoms with E-state index in [2.05, 4.69) is 86.8 Å². The van der Waals surface area contributed by atoms with Gasteiger partial charge in [0.05, 0.1) is 6.61 Å². The van der Waals surface area contributed by atoms with E-state index in [1.807, 2.05) is 6.08 Å². The van der Waals surface area contributed by atoms with Crippen molar-refractivity contribution in [1.29, 1.82) is 0 Å². The summed E-state index contributed by atoms with van der Waals surface area (Å²) < 4.78 is 19.0. The Labute approximate surface area is 158 Å². The van der Waals surface area contributed by atoms with Crippen molar-refractivity contribution >= 4 is 16.6 Å². The molecule has 0 radical (unpaired) electrons. The molecule has 25 heavy (non-hydrogen) atoms. The van der Waals surface area contributed by atoms with E-state index in [1.165, 1.54) is 0 Å². The van der Waals surface area contributed by atoms with Crippen LogP contribution in [0.4, 0.5) is 0 Å². The highest BCUT2D eigenvalue weighted by atomic mass is 28.4. The van der Waals surface area contributed by atoms with E-state index < -0.39 is 16.6 Å². The normalized spacial score (nSPS) is 23.1. The lowest BCUT2D eigenvalue weighted by Crippen LogP contribution is -2.46. The maximum Gasteiger partial charge on any atom is 0.193 e. The van der Waals surface area contributed by atoms with Gasteiger partial charge in [-0.1, -0.05) is 53.7 Å². The molecule has 5 heteroatoms. The average molecular weight is 385 g/mol. The topological polar surface area (TPSA) is 27.7 Å². The summed E-state index contributed by atoms with van der Waals surface area (Å²) in [6.07, 6.45) is 6.19. The smallest absolute Gasteiger partial charge is 0.193 e. The second-order valence-electron chi connectivity index (χ2n) is 10.2. The summed E-state index contributed by atoms with van der Waals surface area (Å²) in [6, 6.07) is 0. The summed E-state index contributed by atoms with van der Waals surface area (Å²) in [4.78, 5) is 0. The average Bonchev–Trinajstić information content (AvgIpc) is 2.56. The van der Waals surface area contributed by atoms with E-state index in [0.29, 0.717) is 6.61 Å². The van der Waals surface area contributed by atoms with Gasteiger partial charge in [0.2, 0.25) is 0 Å². The third-order valence-corrected chi connectivity index (χ3v) is 15.0. The molecule has 0 saturated heterocycles. The predicted molar refractivity (Wildman–Crippen MR) is 113 cm³/mol. The summed E-state index contributed by atoms with van der Waals surface area (Å²) in [7, 11) is -3.61. The molecule has 0 aromatic heterocycles. The van der Waals surface area contributed by atoms with Crippen LogP contribution in [-0.4, -0.2) is 35.4 Å². The van der Waals surface area contributed by atoms with Crippen molar-refractivity contribution < 1.29 is 13.6 Å². The molecule has 1 rings (SSSR count). The number of hydrogen-bond donors (Lipinski definition) is 0. The minimum atomic E-state index is -1.83. The van der Waals surface area contributed by atoms with Gasteiger partial charge in [-0.25, -0.2) is 0 Å². The number of allylic oxidation sites excluding steroid dienone is 2. The van der Waals surface area contributed by atoms with Crippen molar-refractivity contribution in [2.75, 3.05) is 6.61 Å². The highest BCUT2D eigenvalue weighted by Gasteiger charge is 2.41. The van der Waals surface area contributed by atoms with Crippen LogP contribution in [-0.2, 0) is 13.6 Å². The lowest BCUT2D eigenvalue weighted by Gasteiger charge is -2.40. The number of hydrogen-bond acceptors (Lipinski definition) is 3. The fourth-order valence-electron chi connectivity index (χ4n) is 1.98. The molecule has 0 spiro atoms. The lowest BCUT2D eigenvalue weighted by molar-refractivity contribution is 0.0295. The molecule has 3 nitrogen and oxygen atoms in total. The number of rotatable bonds is 5. The SMILES string of the molecule is C[C@@H]1OC(CO[Si](C)(C)C(C)(C)C)=CC=C[C@H]1O[Si](C)(C)C(C)(C)C. The monoisotopic (exact) mass is 384 g/mol. The van der Waals surface area contributed by atoms with Gasteiger partial charge in [0.25, 0.3) is 0 Å². The molecular formula is C20H40O3Si2. The first-order chi connectivity index (χ1) is 11.1. The first-order valence-electron chi connectivity index (χ1n) is 9.43. The van der Waals surface area contributed by atoms with Crippen molar-refractivity contribution in [3.05, 3.63) is 24.0 Å². The minimum absolute atomic E-state index is 0.0116. The first kappa shape index (κ1) is 22.7. The summed E-state index contributed by atoms with van der Waals surface area (Å²) in [5.41, 5.74) is 0. The second-order valence-corrected chi connectivity index (χ2v) is 19.8. The zero-order valence-electron chi connectivity index (χ0n) is 18.3. The molecular weight excluding hydrogens is 344 g/mol. The van der Waals surface area contributed by atoms with Gasteiger partial charge in [-0.15, -0.1) is 0 Å². The molecule has 0 unspecified atom stereocenters. The zero-order chi connectivity index (χ0) is 19.7. The van der Waals surface area contributed by atoms with Crippen LogP contribution in [0.25, 0.3) is 0 Å². The van der Waals surface area contributed by atoms with E-state index in [4.69, 9.17) is 13.6 Å². The Morgan fingerprint density at radius 2 is 1.48 bits per heavy atom. The second kappa shape index (κ2) is 7.71. The van der Waals surface area contributed by atoms with Gasteiger partial charge in [0.1, 0.15) is 18.0 Å². The maximum atomic E-state index is 6.55. The molecule has 0 saturated carbocycles. The van der Waals surface area contributed by atoms with Gasteiger partial charge in [-0.2, -0.15) is 0 Å². The molecule has 1 aliphatic heterocycles. The Balaban J connectivity index is 2.72. The Bertz CT molecular complexity index is 508. The van der Waals surface area contributed by atoms with E-state index in [9.17, 15) is 0 Å². The van der Waals surface area contributed by atoms with Crippen molar-refractivity contribution in [3.63, 3.8) is 0 Å². The summed E-state index contributed by atoms with van der Waals surface area (Å²) in [5.74, 6) is 0.898. The molecule has 1 aliphatic rings. The lowest BCUT2D eigenvalue weighted by atomic mass is 10.2. The molecule has 2 atom stereocenters. The van der Waals surface area contributed by atoms with Gasteiger partial charge in [0, 0.05) is 0 Å². The van der Waals surface area contributed by atoms with Gasteiger partial charge >= 0.3 is 0 Å². The van der Waals surface area contributed by atoms with E-state index in [-0.39, 0.29) is 22.3 Å². The van der Waals surface area contributed by atoms with Crippen LogP contribution in [0, 0.1) is 0 Å². The Hall–Kier alpha value is -0.366. The zero-order valence-corrected chi connectivity index (χ0v) is 20.3. The van der Waals surface area contributed by atoms with Crippen molar-refractivity contribution in [2.45, 2.75) is 96.9 Å². The molecule has 0 aromatic carbocycles. The van der Waals surface area contributed by atoms with Gasteiger partial charge in [0.15, 0.2) is 16.6 Å². The molecule has 0 bridgehead atoms. The van der Waals surface area contributed by atoms with E-state index >= 15 is 0 Å². The highest BCUT2D eigenvalue weighted by molar-refractivity contribution is 6.74. The minimum Gasteiger partial charge on any atom is -0.490 e. The van der Waals surface area contributed by atoms with Crippen molar-refractivity contribution in [3.8, 4) is 0 Å². The molecule has 0 amide bonds.